The molecule has 0 amide bonds. The molecule has 0 radical (unpaired) electrons. The molecule has 25 aromatic rings. The zero-order valence-electron chi connectivity index (χ0n) is 68.6. The van der Waals surface area contributed by atoms with Crippen LogP contribution in [-0.4, -0.2) is 9.13 Å². The summed E-state index contributed by atoms with van der Waals surface area (Å²) >= 11 is 0. The van der Waals surface area contributed by atoms with E-state index in [1.165, 1.54) is 115 Å². The summed E-state index contributed by atoms with van der Waals surface area (Å²) in [5, 5.41) is 16.9. The van der Waals surface area contributed by atoms with Crippen molar-refractivity contribution in [1.82, 2.24) is 9.13 Å². The van der Waals surface area contributed by atoms with E-state index in [-0.39, 0.29) is 0 Å². The molecule has 0 atom stereocenters. The molecule has 0 N–H and O–H groups in total. The smallest absolute Gasteiger partial charge is 0.136 e. The summed E-state index contributed by atoms with van der Waals surface area (Å²) in [6, 6.07) is 171. The number of hydrogen-bond donors (Lipinski definition) is 0. The number of nitrogens with zero attached hydrogens (tertiary/aromatic N) is 4. The Morgan fingerprint density at radius 1 is 0.167 bits per heavy atom. The van der Waals surface area contributed by atoms with Gasteiger partial charge in [-0.2, -0.15) is 0 Å². The lowest BCUT2D eigenvalue weighted by Crippen LogP contribution is -2.10. The highest BCUT2D eigenvalue weighted by Gasteiger charge is 2.24. The first kappa shape index (κ1) is 73.1. The van der Waals surface area contributed by atoms with Gasteiger partial charge in [-0.25, -0.2) is 0 Å². The van der Waals surface area contributed by atoms with Crippen molar-refractivity contribution in [2.75, 3.05) is 9.80 Å². The van der Waals surface area contributed by atoms with Gasteiger partial charge in [0.2, 0.25) is 0 Å². The minimum Gasteiger partial charge on any atom is -0.456 e. The summed E-state index contributed by atoms with van der Waals surface area (Å²) in [4.78, 5) is 4.78. The predicted octanol–water partition coefficient (Wildman–Crippen LogP) is 33.8. The number of benzene rings is 21. The lowest BCUT2D eigenvalue weighted by molar-refractivity contribution is 0.668. The van der Waals surface area contributed by atoms with E-state index >= 15 is 0 Å². The van der Waals surface area contributed by atoms with E-state index in [4.69, 9.17) is 8.83 Å². The Kier molecular flexibility index (Phi) is 17.8. The number of furan rings is 2. The van der Waals surface area contributed by atoms with Crippen LogP contribution in [0.15, 0.2) is 482 Å². The number of fused-ring (bicyclic) bond motifs is 16. The molecule has 4 aromatic heterocycles. The van der Waals surface area contributed by atoms with Crippen LogP contribution in [0, 0.1) is 0 Å². The SMILES string of the molecule is c1ccc(-n2c3ccccc3c3ccccc32)c(-c2ccc(N(c3ccc(-c4ccc(-c5cccc6oc7ccccc7c56)cc4)cc3)c3cc4ccccc4c4ccccc34)cc2)c1.c1ccc(-n2c3ccccc3c3ccccc32)c(-c2ccc(N(c3ccc(-c4ccc(-c5cccc6oc7ccccc7c56)cc4)cc3)c3ccc4ccccc4c3)cc2)c1. The van der Waals surface area contributed by atoms with Crippen molar-refractivity contribution in [3.63, 3.8) is 0 Å². The Labute approximate surface area is 728 Å². The zero-order valence-corrected chi connectivity index (χ0v) is 68.6. The highest BCUT2D eigenvalue weighted by Crippen LogP contribution is 2.48. The van der Waals surface area contributed by atoms with E-state index in [0.717, 1.165) is 117 Å². The zero-order chi connectivity index (χ0) is 83.1. The summed E-state index contributed by atoms with van der Waals surface area (Å²) in [5.41, 5.74) is 31.4. The summed E-state index contributed by atoms with van der Waals surface area (Å²) in [6.45, 7) is 0. The third-order valence-corrected chi connectivity index (χ3v) is 25.4. The number of rotatable bonds is 14. The van der Waals surface area contributed by atoms with Crippen molar-refractivity contribution in [1.29, 1.82) is 0 Å². The van der Waals surface area contributed by atoms with E-state index in [1.54, 1.807) is 0 Å². The van der Waals surface area contributed by atoms with Gasteiger partial charge in [-0.15, -0.1) is 0 Å². The van der Waals surface area contributed by atoms with Crippen molar-refractivity contribution in [2.45, 2.75) is 0 Å². The quantitative estimate of drug-likeness (QED) is 0.102. The molecule has 0 saturated carbocycles. The van der Waals surface area contributed by atoms with Gasteiger partial charge in [0.05, 0.1) is 39.1 Å². The molecule has 126 heavy (non-hydrogen) atoms. The molecule has 21 aromatic carbocycles. The van der Waals surface area contributed by atoms with Gasteiger partial charge in [0, 0.05) is 88.0 Å². The molecular weight excluding hydrogens is 1530 g/mol. The molecule has 4 heterocycles. The lowest BCUT2D eigenvalue weighted by atomic mass is 9.96. The maximum atomic E-state index is 6.21. The second kappa shape index (κ2) is 30.7. The van der Waals surface area contributed by atoms with Crippen LogP contribution in [0.5, 0.6) is 0 Å². The average molecular weight is 1610 g/mol. The fourth-order valence-corrected chi connectivity index (χ4v) is 19.5. The third-order valence-electron chi connectivity index (χ3n) is 25.4. The highest BCUT2D eigenvalue weighted by molar-refractivity contribution is 6.17. The van der Waals surface area contributed by atoms with Gasteiger partial charge in [0.1, 0.15) is 22.3 Å². The minimum absolute atomic E-state index is 0.908. The van der Waals surface area contributed by atoms with Crippen LogP contribution in [-0.2, 0) is 0 Å². The summed E-state index contributed by atoms with van der Waals surface area (Å²) in [5.74, 6) is 0. The van der Waals surface area contributed by atoms with Crippen molar-refractivity contribution in [3.8, 4) is 78.1 Å². The monoisotopic (exact) mass is 1610 g/mol. The normalized spacial score (nSPS) is 11.7. The average Bonchev–Trinajstić information content (AvgIpc) is 1.49. The molecule has 590 valence electrons. The Balaban J connectivity index is 0.000000141. The van der Waals surface area contributed by atoms with Gasteiger partial charge >= 0.3 is 0 Å². The van der Waals surface area contributed by atoms with Crippen molar-refractivity contribution < 1.29 is 8.83 Å². The summed E-state index contributed by atoms with van der Waals surface area (Å²) in [6.07, 6.45) is 0. The van der Waals surface area contributed by atoms with E-state index < -0.39 is 0 Å². The standard InChI is InChI=1S/C62H40N2O.C58H38N2O/c1-2-15-48-45(14-1)40-59(52-18-4-3-17-51(48)52)63(46-36-32-42(33-37-46)41-28-30-44(31-29-41)50-22-13-27-61-62(50)55-21-8-12-26-60(55)65-61)47-38-34-43(35-39-47)49-16-5-9-23-56(49)64-57-24-10-6-19-53(57)54-20-7-11-25-58(54)64;1-2-13-44-38-47(37-30-39(44)12-1)59(45-33-28-41(29-34-45)40-24-26-43(27-25-40)49-18-11-23-57-58(49)52-17-6-10-22-56(52)61-57)46-35-31-42(32-36-46)48-14-3-7-19-53(48)60-54-20-8-4-15-50(54)51-16-5-9-21-55(51)60/h1-40H;1-38H. The number of para-hydroxylation sites is 8. The van der Waals surface area contributed by atoms with Crippen LogP contribution < -0.4 is 9.80 Å². The second-order valence-corrected chi connectivity index (χ2v) is 32.5. The van der Waals surface area contributed by atoms with E-state index in [1.807, 2.05) is 24.3 Å². The number of anilines is 6. The maximum Gasteiger partial charge on any atom is 0.136 e. The van der Waals surface area contributed by atoms with Gasteiger partial charge in [0.25, 0.3) is 0 Å². The van der Waals surface area contributed by atoms with Crippen molar-refractivity contribution in [3.05, 3.63) is 473 Å². The summed E-state index contributed by atoms with van der Waals surface area (Å²) < 4.78 is 17.2. The Morgan fingerprint density at radius 3 is 0.905 bits per heavy atom. The van der Waals surface area contributed by atoms with Crippen LogP contribution in [0.3, 0.4) is 0 Å². The molecule has 0 unspecified atom stereocenters. The predicted molar refractivity (Wildman–Crippen MR) is 531 cm³/mol. The molecule has 0 spiro atoms. The first-order chi connectivity index (χ1) is 62.5. The van der Waals surface area contributed by atoms with Gasteiger partial charge in [0.15, 0.2) is 0 Å². The lowest BCUT2D eigenvalue weighted by Gasteiger charge is -2.28. The number of aromatic nitrogens is 2. The van der Waals surface area contributed by atoms with Gasteiger partial charge < -0.3 is 27.8 Å². The van der Waals surface area contributed by atoms with Crippen LogP contribution >= 0.6 is 0 Å². The van der Waals surface area contributed by atoms with Crippen LogP contribution in [0.1, 0.15) is 0 Å². The minimum atomic E-state index is 0.908. The first-order valence-electron chi connectivity index (χ1n) is 43.1. The third kappa shape index (κ3) is 12.6. The van der Waals surface area contributed by atoms with Crippen molar-refractivity contribution >= 4 is 154 Å². The number of hydrogen-bond acceptors (Lipinski definition) is 4. The molecule has 25 rings (SSSR count). The first-order valence-corrected chi connectivity index (χ1v) is 43.1. The molecule has 0 aliphatic rings. The molecule has 6 heteroatoms. The molecule has 0 fully saturated rings. The topological polar surface area (TPSA) is 42.6 Å². The molecule has 6 nitrogen and oxygen atoms in total. The fourth-order valence-electron chi connectivity index (χ4n) is 19.5. The highest BCUT2D eigenvalue weighted by atomic mass is 16.3. The molecule has 0 saturated heterocycles. The molecular formula is C120H78N4O2. The van der Waals surface area contributed by atoms with Gasteiger partial charge in [-0.1, -0.05) is 346 Å². The van der Waals surface area contributed by atoms with Gasteiger partial charge in [-0.05, 0) is 210 Å². The Bertz CT molecular complexity index is 8400. The van der Waals surface area contributed by atoms with Crippen LogP contribution in [0.2, 0.25) is 0 Å². The maximum absolute atomic E-state index is 6.21. The fraction of sp³-hybridized carbons (Fsp3) is 0. The largest absolute Gasteiger partial charge is 0.456 e. The van der Waals surface area contributed by atoms with E-state index in [0.29, 0.717) is 0 Å². The van der Waals surface area contributed by atoms with E-state index in [9.17, 15) is 0 Å². The molecule has 0 bridgehead atoms. The van der Waals surface area contributed by atoms with Crippen LogP contribution in [0.25, 0.3) is 198 Å². The second-order valence-electron chi connectivity index (χ2n) is 32.5. The van der Waals surface area contributed by atoms with Gasteiger partial charge in [-0.3, -0.25) is 0 Å². The van der Waals surface area contributed by atoms with E-state index in [2.05, 4.69) is 468 Å². The van der Waals surface area contributed by atoms with Crippen molar-refractivity contribution in [2.24, 2.45) is 0 Å². The summed E-state index contributed by atoms with van der Waals surface area (Å²) in [7, 11) is 0. The molecule has 0 aliphatic heterocycles. The molecule has 0 aliphatic carbocycles. The Morgan fingerprint density at radius 2 is 0.460 bits per heavy atom. The Hall–Kier alpha value is -16.8. The van der Waals surface area contributed by atoms with Crippen LogP contribution in [0.4, 0.5) is 34.1 Å².